The fraction of sp³-hybridized carbons (Fsp3) is 0.250. The molecule has 140 valence electrons. The minimum absolute atomic E-state index is 0.0591. The van der Waals surface area contributed by atoms with Crippen LogP contribution in [0.15, 0.2) is 48.5 Å². The van der Waals surface area contributed by atoms with Gasteiger partial charge in [-0.1, -0.05) is 18.2 Å². The highest BCUT2D eigenvalue weighted by Crippen LogP contribution is 2.21. The molecule has 6 nitrogen and oxygen atoms in total. The summed E-state index contributed by atoms with van der Waals surface area (Å²) in [6.07, 6.45) is 0.339. The summed E-state index contributed by atoms with van der Waals surface area (Å²) in [6.45, 7) is 1.57. The zero-order valence-electron chi connectivity index (χ0n) is 14.9. The lowest BCUT2D eigenvalue weighted by atomic mass is 10.1. The van der Waals surface area contributed by atoms with Crippen molar-refractivity contribution in [1.29, 1.82) is 0 Å². The highest BCUT2D eigenvalue weighted by atomic mass is 19.1. The topological polar surface area (TPSA) is 78.5 Å². The van der Waals surface area contributed by atoms with E-state index in [-0.39, 0.29) is 42.9 Å². The summed E-state index contributed by atoms with van der Waals surface area (Å²) >= 11 is 0. The van der Waals surface area contributed by atoms with E-state index in [0.717, 1.165) is 0 Å². The van der Waals surface area contributed by atoms with Crippen molar-refractivity contribution in [2.24, 2.45) is 0 Å². The maximum Gasteiger partial charge on any atom is 0.252 e. The van der Waals surface area contributed by atoms with Crippen molar-refractivity contribution in [3.05, 3.63) is 59.9 Å². The third-order valence-corrected chi connectivity index (χ3v) is 4.35. The van der Waals surface area contributed by atoms with Crippen molar-refractivity contribution < 1.29 is 18.8 Å². The van der Waals surface area contributed by atoms with Gasteiger partial charge in [0.15, 0.2) is 0 Å². The number of nitrogens with zero attached hydrogens (tertiary/aromatic N) is 1. The zero-order valence-corrected chi connectivity index (χ0v) is 14.9. The number of carbonyl (C=O) groups is 3. The predicted molar refractivity (Wildman–Crippen MR) is 99.6 cm³/mol. The molecule has 3 amide bonds. The van der Waals surface area contributed by atoms with Crippen LogP contribution in [-0.2, 0) is 20.8 Å². The van der Waals surface area contributed by atoms with Gasteiger partial charge < -0.3 is 10.6 Å². The molecule has 1 heterocycles. The van der Waals surface area contributed by atoms with Crippen molar-refractivity contribution in [3.63, 3.8) is 0 Å². The molecule has 2 N–H and O–H groups in total. The van der Waals surface area contributed by atoms with Gasteiger partial charge in [-0.05, 0) is 42.3 Å². The molecular formula is C20H20FN3O3. The molecule has 1 fully saturated rings. The van der Waals surface area contributed by atoms with Gasteiger partial charge in [0.25, 0.3) is 5.91 Å². The van der Waals surface area contributed by atoms with E-state index in [2.05, 4.69) is 10.6 Å². The van der Waals surface area contributed by atoms with Crippen LogP contribution in [0.25, 0.3) is 0 Å². The Balaban J connectivity index is 1.60. The lowest BCUT2D eigenvalue weighted by Crippen LogP contribution is -2.36. The number of halogens is 1. The first-order chi connectivity index (χ1) is 12.9. The molecule has 0 spiro atoms. The van der Waals surface area contributed by atoms with Crippen LogP contribution < -0.4 is 10.6 Å². The van der Waals surface area contributed by atoms with E-state index in [1.54, 1.807) is 42.5 Å². The van der Waals surface area contributed by atoms with Gasteiger partial charge in [0.2, 0.25) is 11.8 Å². The summed E-state index contributed by atoms with van der Waals surface area (Å²) in [7, 11) is 0. The summed E-state index contributed by atoms with van der Waals surface area (Å²) in [5.41, 5.74) is 1.79. The second-order valence-electron chi connectivity index (χ2n) is 6.38. The van der Waals surface area contributed by atoms with Gasteiger partial charge in [-0.3, -0.25) is 19.3 Å². The number of imide groups is 1. The summed E-state index contributed by atoms with van der Waals surface area (Å²) in [4.78, 5) is 36.9. The van der Waals surface area contributed by atoms with E-state index in [9.17, 15) is 18.8 Å². The third kappa shape index (κ3) is 4.49. The molecule has 0 unspecified atom stereocenters. The van der Waals surface area contributed by atoms with Crippen LogP contribution in [0.2, 0.25) is 0 Å². The Labute approximate surface area is 156 Å². The van der Waals surface area contributed by atoms with Gasteiger partial charge in [0.1, 0.15) is 11.9 Å². The molecule has 0 radical (unpaired) electrons. The monoisotopic (exact) mass is 369 g/mol. The maximum absolute atomic E-state index is 13.7. The van der Waals surface area contributed by atoms with Crippen LogP contribution in [0.5, 0.6) is 0 Å². The minimum atomic E-state index is -0.648. The van der Waals surface area contributed by atoms with E-state index in [0.29, 0.717) is 16.9 Å². The fourth-order valence-corrected chi connectivity index (χ4v) is 3.02. The normalized spacial score (nSPS) is 16.5. The Morgan fingerprint density at radius 1 is 1.11 bits per heavy atom. The third-order valence-electron chi connectivity index (χ3n) is 4.35. The average Bonchev–Trinajstić information content (AvgIpc) is 2.89. The number of benzene rings is 2. The highest BCUT2D eigenvalue weighted by Gasteiger charge is 2.38. The first-order valence-corrected chi connectivity index (χ1v) is 8.66. The van der Waals surface area contributed by atoms with Gasteiger partial charge in [-0.2, -0.15) is 0 Å². The van der Waals surface area contributed by atoms with Crippen molar-refractivity contribution >= 4 is 29.1 Å². The second kappa shape index (κ2) is 7.99. The molecule has 27 heavy (non-hydrogen) atoms. The Kier molecular flexibility index (Phi) is 5.49. The van der Waals surface area contributed by atoms with E-state index in [1.807, 2.05) is 0 Å². The number of anilines is 2. The number of rotatable bonds is 6. The van der Waals surface area contributed by atoms with Crippen LogP contribution >= 0.6 is 0 Å². The first kappa shape index (κ1) is 18.6. The van der Waals surface area contributed by atoms with Crippen LogP contribution in [0.1, 0.15) is 18.9 Å². The number of hydrogen-bond acceptors (Lipinski definition) is 4. The molecule has 1 aliphatic rings. The average molecular weight is 369 g/mol. The van der Waals surface area contributed by atoms with Gasteiger partial charge in [0, 0.05) is 24.8 Å². The predicted octanol–water partition coefficient (Wildman–Crippen LogP) is 2.57. The molecule has 1 aliphatic heterocycles. The standard InChI is InChI=1S/C20H20FN3O3/c1-13(25)22-15-6-8-16(9-7-15)23-18-12-19(26)24(20(18)27)11-10-14-4-2-3-5-17(14)21/h2-9,18,23H,10-12H2,1H3,(H,22,25)/t18-/m1/s1. The van der Waals surface area contributed by atoms with E-state index in [1.165, 1.54) is 17.9 Å². The molecule has 0 aromatic heterocycles. The molecule has 2 aromatic rings. The lowest BCUT2D eigenvalue weighted by molar-refractivity contribution is -0.138. The molecule has 0 bridgehead atoms. The van der Waals surface area contributed by atoms with E-state index < -0.39 is 6.04 Å². The molecule has 0 aliphatic carbocycles. The molecule has 1 atom stereocenters. The number of nitrogens with one attached hydrogen (secondary N) is 2. The summed E-state index contributed by atoms with van der Waals surface area (Å²) in [5, 5.41) is 5.70. The number of carbonyl (C=O) groups excluding carboxylic acids is 3. The number of amides is 3. The first-order valence-electron chi connectivity index (χ1n) is 8.66. The minimum Gasteiger partial charge on any atom is -0.373 e. The van der Waals surface area contributed by atoms with Crippen LogP contribution in [-0.4, -0.2) is 35.2 Å². The quantitative estimate of drug-likeness (QED) is 0.767. The molecule has 0 saturated carbocycles. The summed E-state index contributed by atoms with van der Waals surface area (Å²) < 4.78 is 13.7. The molecular weight excluding hydrogens is 349 g/mol. The zero-order chi connectivity index (χ0) is 19.4. The number of hydrogen-bond donors (Lipinski definition) is 2. The highest BCUT2D eigenvalue weighted by molar-refractivity contribution is 6.06. The Morgan fingerprint density at radius 3 is 2.44 bits per heavy atom. The summed E-state index contributed by atoms with van der Waals surface area (Å²) in [6, 6.07) is 12.6. The van der Waals surface area contributed by atoms with Crippen LogP contribution in [0.3, 0.4) is 0 Å². The maximum atomic E-state index is 13.7. The van der Waals surface area contributed by atoms with Crippen molar-refractivity contribution in [3.8, 4) is 0 Å². The Hall–Kier alpha value is -3.22. The molecule has 7 heteroatoms. The van der Waals surface area contributed by atoms with Gasteiger partial charge >= 0.3 is 0 Å². The Bertz CT molecular complexity index is 867. The molecule has 1 saturated heterocycles. The van der Waals surface area contributed by atoms with E-state index >= 15 is 0 Å². The smallest absolute Gasteiger partial charge is 0.252 e. The number of likely N-dealkylation sites (tertiary alicyclic amines) is 1. The lowest BCUT2D eigenvalue weighted by Gasteiger charge is -2.16. The molecule has 2 aromatic carbocycles. The van der Waals surface area contributed by atoms with Crippen molar-refractivity contribution in [1.82, 2.24) is 4.90 Å². The van der Waals surface area contributed by atoms with Gasteiger partial charge in [-0.25, -0.2) is 4.39 Å². The van der Waals surface area contributed by atoms with E-state index in [4.69, 9.17) is 0 Å². The van der Waals surface area contributed by atoms with Crippen molar-refractivity contribution in [2.45, 2.75) is 25.8 Å². The Morgan fingerprint density at radius 2 is 1.78 bits per heavy atom. The second-order valence-corrected chi connectivity index (χ2v) is 6.38. The summed E-state index contributed by atoms with van der Waals surface area (Å²) in [5.74, 6) is -1.10. The van der Waals surface area contributed by atoms with Gasteiger partial charge in [0.05, 0.1) is 6.42 Å². The van der Waals surface area contributed by atoms with Gasteiger partial charge in [-0.15, -0.1) is 0 Å². The fourth-order valence-electron chi connectivity index (χ4n) is 3.02. The molecule has 3 rings (SSSR count). The van der Waals surface area contributed by atoms with Crippen LogP contribution in [0.4, 0.5) is 15.8 Å². The SMILES string of the molecule is CC(=O)Nc1ccc(N[C@@H]2CC(=O)N(CCc3ccccc3F)C2=O)cc1. The van der Waals surface area contributed by atoms with Crippen molar-refractivity contribution in [2.75, 3.05) is 17.2 Å². The largest absolute Gasteiger partial charge is 0.373 e. The van der Waals surface area contributed by atoms with Crippen LogP contribution in [0, 0.1) is 5.82 Å².